The molecule has 0 radical (unpaired) electrons. The lowest BCUT2D eigenvalue weighted by atomic mass is 9.97. The van der Waals surface area contributed by atoms with Crippen LogP contribution in [0.3, 0.4) is 0 Å². The molecular weight excluding hydrogens is 325 g/mol. The number of benzene rings is 1. The van der Waals surface area contributed by atoms with Gasteiger partial charge < -0.3 is 15.2 Å². The second-order valence-electron chi connectivity index (χ2n) is 6.43. The molecule has 0 aliphatic carbocycles. The summed E-state index contributed by atoms with van der Waals surface area (Å²) in [6, 6.07) is 5.62. The van der Waals surface area contributed by atoms with E-state index in [0.717, 1.165) is 11.4 Å². The molecule has 2 aromatic rings. The van der Waals surface area contributed by atoms with Gasteiger partial charge in [0.05, 0.1) is 5.92 Å². The minimum Gasteiger partial charge on any atom is -0.354 e. The van der Waals surface area contributed by atoms with E-state index in [1.807, 2.05) is 4.57 Å². The van der Waals surface area contributed by atoms with Crippen LogP contribution in [0.5, 0.6) is 0 Å². The summed E-state index contributed by atoms with van der Waals surface area (Å²) in [6.07, 6.45) is 1.93. The van der Waals surface area contributed by atoms with Crippen molar-refractivity contribution in [2.45, 2.75) is 31.8 Å². The highest BCUT2D eigenvalue weighted by Crippen LogP contribution is 2.26. The Bertz CT molecular complexity index is 817. The highest BCUT2D eigenvalue weighted by Gasteiger charge is 2.32. The van der Waals surface area contributed by atoms with E-state index in [0.29, 0.717) is 38.2 Å². The van der Waals surface area contributed by atoms with Crippen molar-refractivity contribution in [2.24, 2.45) is 5.92 Å². The monoisotopic (exact) mass is 343 g/mol. The summed E-state index contributed by atoms with van der Waals surface area (Å²) in [5.74, 6) is 0.658. The maximum atomic E-state index is 13.1. The van der Waals surface area contributed by atoms with Crippen LogP contribution in [-0.2, 0) is 22.6 Å². The smallest absolute Gasteiger partial charge is 0.242 e. The molecule has 2 N–H and O–H groups in total. The van der Waals surface area contributed by atoms with Crippen molar-refractivity contribution < 1.29 is 14.0 Å². The lowest BCUT2D eigenvalue weighted by molar-refractivity contribution is -0.130. The molecule has 25 heavy (non-hydrogen) atoms. The lowest BCUT2D eigenvalue weighted by Crippen LogP contribution is -2.44. The number of rotatable bonds is 3. The fraction of sp³-hybridized carbons (Fsp3) is 0.412. The Hall–Kier alpha value is -2.77. The van der Waals surface area contributed by atoms with E-state index < -0.39 is 6.04 Å². The molecule has 1 aromatic heterocycles. The van der Waals surface area contributed by atoms with E-state index >= 15 is 0 Å². The van der Waals surface area contributed by atoms with Gasteiger partial charge >= 0.3 is 0 Å². The van der Waals surface area contributed by atoms with Crippen molar-refractivity contribution in [2.75, 3.05) is 6.54 Å². The van der Waals surface area contributed by atoms with Crippen LogP contribution < -0.4 is 10.6 Å². The molecule has 1 aromatic carbocycles. The first-order valence-electron chi connectivity index (χ1n) is 8.38. The molecule has 1 unspecified atom stereocenters. The zero-order valence-electron chi connectivity index (χ0n) is 13.5. The van der Waals surface area contributed by atoms with Gasteiger partial charge in [0.1, 0.15) is 17.7 Å². The standard InChI is InChI=1S/C17H18FN5O2/c18-12-4-1-10(2-5-12)15-22-21-14-6-3-11(9-23(14)15)16(24)20-13-7-8-19-17(13)25/h1-2,4-5,11,13H,3,6-9H2,(H,19,25)(H,20,24)/t11?,13-/m0/s1. The first-order chi connectivity index (χ1) is 12.1. The quantitative estimate of drug-likeness (QED) is 0.856. The van der Waals surface area contributed by atoms with Crippen molar-refractivity contribution in [3.8, 4) is 11.4 Å². The number of carbonyl (C=O) groups excluding carboxylic acids is 2. The van der Waals surface area contributed by atoms with Crippen molar-refractivity contribution in [1.29, 1.82) is 0 Å². The molecule has 8 heteroatoms. The van der Waals surface area contributed by atoms with Gasteiger partial charge in [-0.2, -0.15) is 0 Å². The molecule has 7 nitrogen and oxygen atoms in total. The minimum atomic E-state index is -0.439. The number of halogens is 1. The van der Waals surface area contributed by atoms with Gasteiger partial charge in [-0.1, -0.05) is 0 Å². The Morgan fingerprint density at radius 1 is 1.24 bits per heavy atom. The first-order valence-corrected chi connectivity index (χ1v) is 8.38. The average Bonchev–Trinajstić information content (AvgIpc) is 3.21. The number of aromatic nitrogens is 3. The van der Waals surface area contributed by atoms with Gasteiger partial charge in [-0.3, -0.25) is 9.59 Å². The van der Waals surface area contributed by atoms with Gasteiger partial charge in [-0.05, 0) is 37.1 Å². The third-order valence-electron chi connectivity index (χ3n) is 4.79. The molecule has 0 spiro atoms. The maximum absolute atomic E-state index is 13.1. The number of fused-ring (bicyclic) bond motifs is 1. The van der Waals surface area contributed by atoms with Crippen molar-refractivity contribution in [3.05, 3.63) is 35.9 Å². The van der Waals surface area contributed by atoms with Gasteiger partial charge in [0.15, 0.2) is 5.82 Å². The molecule has 3 heterocycles. The summed E-state index contributed by atoms with van der Waals surface area (Å²) in [4.78, 5) is 24.2. The summed E-state index contributed by atoms with van der Waals surface area (Å²) in [5.41, 5.74) is 0.761. The van der Waals surface area contributed by atoms with Gasteiger partial charge in [0.25, 0.3) is 0 Å². The summed E-state index contributed by atoms with van der Waals surface area (Å²) in [5, 5.41) is 13.9. The predicted octanol–water partition coefficient (Wildman–Crippen LogP) is 0.651. The van der Waals surface area contributed by atoms with E-state index in [9.17, 15) is 14.0 Å². The second-order valence-corrected chi connectivity index (χ2v) is 6.43. The maximum Gasteiger partial charge on any atom is 0.242 e. The van der Waals surface area contributed by atoms with E-state index in [-0.39, 0.29) is 23.5 Å². The highest BCUT2D eigenvalue weighted by molar-refractivity contribution is 5.89. The summed E-state index contributed by atoms with van der Waals surface area (Å²) >= 11 is 0. The highest BCUT2D eigenvalue weighted by atomic mass is 19.1. The molecule has 2 amide bonds. The number of carbonyl (C=O) groups is 2. The van der Waals surface area contributed by atoms with Gasteiger partial charge in [-0.25, -0.2) is 4.39 Å². The van der Waals surface area contributed by atoms with Crippen LogP contribution in [0, 0.1) is 11.7 Å². The zero-order valence-corrected chi connectivity index (χ0v) is 13.5. The minimum absolute atomic E-state index is 0.119. The van der Waals surface area contributed by atoms with Crippen LogP contribution in [0.1, 0.15) is 18.7 Å². The fourth-order valence-electron chi connectivity index (χ4n) is 3.37. The van der Waals surface area contributed by atoms with E-state index in [4.69, 9.17) is 0 Å². The Morgan fingerprint density at radius 3 is 2.76 bits per heavy atom. The van der Waals surface area contributed by atoms with Crippen LogP contribution in [0.25, 0.3) is 11.4 Å². The topological polar surface area (TPSA) is 88.9 Å². The zero-order chi connectivity index (χ0) is 17.4. The summed E-state index contributed by atoms with van der Waals surface area (Å²) in [7, 11) is 0. The average molecular weight is 343 g/mol. The number of nitrogens with zero attached hydrogens (tertiary/aromatic N) is 3. The molecule has 1 fully saturated rings. The van der Waals surface area contributed by atoms with Crippen LogP contribution in [0.4, 0.5) is 4.39 Å². The van der Waals surface area contributed by atoms with Crippen LogP contribution in [-0.4, -0.2) is 39.2 Å². The Morgan fingerprint density at radius 2 is 2.04 bits per heavy atom. The third-order valence-corrected chi connectivity index (χ3v) is 4.79. The fourth-order valence-corrected chi connectivity index (χ4v) is 3.37. The van der Waals surface area contributed by atoms with Crippen LogP contribution >= 0.6 is 0 Å². The SMILES string of the molecule is O=C(N[C@H]1CCNC1=O)C1CCc2nnc(-c3ccc(F)cc3)n2C1. The summed E-state index contributed by atoms with van der Waals surface area (Å²) < 4.78 is 15.0. The Labute approximate surface area is 143 Å². The number of hydrogen-bond donors (Lipinski definition) is 2. The Balaban J connectivity index is 1.52. The van der Waals surface area contributed by atoms with E-state index in [1.165, 1.54) is 12.1 Å². The van der Waals surface area contributed by atoms with Crippen LogP contribution in [0.15, 0.2) is 24.3 Å². The summed E-state index contributed by atoms with van der Waals surface area (Å²) in [6.45, 7) is 1.05. The second kappa shape index (κ2) is 6.27. The van der Waals surface area contributed by atoms with Gasteiger partial charge in [0, 0.05) is 25.1 Å². The molecular formula is C17H18FN5O2. The van der Waals surface area contributed by atoms with E-state index in [2.05, 4.69) is 20.8 Å². The van der Waals surface area contributed by atoms with Gasteiger partial charge in [-0.15, -0.1) is 10.2 Å². The number of hydrogen-bond acceptors (Lipinski definition) is 4. The Kier molecular flexibility index (Phi) is 3.95. The molecule has 1 saturated heterocycles. The molecule has 0 bridgehead atoms. The number of aryl methyl sites for hydroxylation is 1. The van der Waals surface area contributed by atoms with Gasteiger partial charge in [0.2, 0.25) is 11.8 Å². The lowest BCUT2D eigenvalue weighted by Gasteiger charge is -2.24. The first kappa shape index (κ1) is 15.7. The van der Waals surface area contributed by atoms with Crippen molar-refractivity contribution in [3.63, 3.8) is 0 Å². The molecule has 2 aliphatic rings. The van der Waals surface area contributed by atoms with Crippen molar-refractivity contribution >= 4 is 11.8 Å². The normalized spacial score (nSPS) is 22.4. The van der Waals surface area contributed by atoms with E-state index in [1.54, 1.807) is 12.1 Å². The number of amides is 2. The largest absolute Gasteiger partial charge is 0.354 e. The number of nitrogens with one attached hydrogen (secondary N) is 2. The van der Waals surface area contributed by atoms with Crippen LogP contribution in [0.2, 0.25) is 0 Å². The predicted molar refractivity (Wildman–Crippen MR) is 86.8 cm³/mol. The third kappa shape index (κ3) is 2.99. The molecule has 2 atom stereocenters. The molecule has 4 rings (SSSR count). The molecule has 2 aliphatic heterocycles. The van der Waals surface area contributed by atoms with Crippen molar-refractivity contribution in [1.82, 2.24) is 25.4 Å². The molecule has 130 valence electrons. The molecule has 0 saturated carbocycles.